The number of carbonyl (C=O) groups excluding carboxylic acids is 2. The number of nitrogens with one attached hydrogen (secondary N) is 1. The summed E-state index contributed by atoms with van der Waals surface area (Å²) in [6.45, 7) is 1.34. The highest BCUT2D eigenvalue weighted by Crippen LogP contribution is 2.09. The van der Waals surface area contributed by atoms with Gasteiger partial charge in [-0.1, -0.05) is 18.9 Å². The fraction of sp³-hybridized carbons (Fsp3) is 0.462. The Balaban J connectivity index is 1.83. The molecule has 1 aromatic heterocycles. The molecule has 5 nitrogen and oxygen atoms in total. The molecule has 1 N–H and O–H groups in total. The zero-order chi connectivity index (χ0) is 13.5. The molecule has 1 aliphatic heterocycles. The molecule has 19 heavy (non-hydrogen) atoms. The fourth-order valence-electron chi connectivity index (χ4n) is 1.98. The summed E-state index contributed by atoms with van der Waals surface area (Å²) in [5, 5.41) is 5.71. The highest BCUT2D eigenvalue weighted by atomic mass is 32.1. The molecule has 0 atom stereocenters. The van der Waals surface area contributed by atoms with Gasteiger partial charge in [0.25, 0.3) is 0 Å². The molecule has 0 aromatic carbocycles. The predicted molar refractivity (Wildman–Crippen MR) is 75.1 cm³/mol. The molecular formula is C13H17N3O2S. The van der Waals surface area contributed by atoms with Crippen LogP contribution in [0, 0.1) is 0 Å². The van der Waals surface area contributed by atoms with Crippen LogP contribution < -0.4 is 5.43 Å². The van der Waals surface area contributed by atoms with Gasteiger partial charge < -0.3 is 4.90 Å². The summed E-state index contributed by atoms with van der Waals surface area (Å²) in [7, 11) is 0. The normalized spacial score (nSPS) is 16.3. The lowest BCUT2D eigenvalue weighted by atomic mass is 10.2. The van der Waals surface area contributed by atoms with Crippen molar-refractivity contribution in [3.8, 4) is 0 Å². The molecule has 2 heterocycles. The highest BCUT2D eigenvalue weighted by Gasteiger charge is 2.21. The van der Waals surface area contributed by atoms with E-state index in [9.17, 15) is 9.59 Å². The first-order valence-electron chi connectivity index (χ1n) is 6.43. The minimum atomic E-state index is -0.658. The molecule has 0 bridgehead atoms. The number of carbonyl (C=O) groups is 2. The largest absolute Gasteiger partial charge is 0.334 e. The smallest absolute Gasteiger partial charge is 0.329 e. The van der Waals surface area contributed by atoms with Crippen molar-refractivity contribution in [3.63, 3.8) is 0 Å². The van der Waals surface area contributed by atoms with Gasteiger partial charge in [-0.05, 0) is 24.3 Å². The van der Waals surface area contributed by atoms with Crippen LogP contribution in [-0.4, -0.2) is 36.0 Å². The van der Waals surface area contributed by atoms with E-state index in [2.05, 4.69) is 10.5 Å². The van der Waals surface area contributed by atoms with Crippen LogP contribution in [0.2, 0.25) is 0 Å². The van der Waals surface area contributed by atoms with Crippen molar-refractivity contribution in [3.05, 3.63) is 22.4 Å². The standard InChI is InChI=1S/C13H17N3O2S/c17-12(15-14-10-11-6-5-9-19-11)13(18)16-7-3-1-2-4-8-16/h5-6,9-10H,1-4,7-8H2,(H,15,17)/b14-10-. The second-order valence-corrected chi connectivity index (χ2v) is 5.40. The molecule has 1 fully saturated rings. The minimum Gasteiger partial charge on any atom is -0.334 e. The Kier molecular flexibility index (Phi) is 5.09. The third-order valence-corrected chi connectivity index (χ3v) is 3.80. The third kappa shape index (κ3) is 4.17. The number of likely N-dealkylation sites (tertiary alicyclic amines) is 1. The maximum absolute atomic E-state index is 11.9. The van der Waals surface area contributed by atoms with Gasteiger partial charge in [0.2, 0.25) is 0 Å². The molecule has 6 heteroatoms. The fourth-order valence-corrected chi connectivity index (χ4v) is 2.57. The molecule has 0 radical (unpaired) electrons. The summed E-state index contributed by atoms with van der Waals surface area (Å²) >= 11 is 1.52. The summed E-state index contributed by atoms with van der Waals surface area (Å²) in [6, 6.07) is 3.78. The number of nitrogens with zero attached hydrogens (tertiary/aromatic N) is 2. The van der Waals surface area contributed by atoms with Crippen LogP contribution in [0.3, 0.4) is 0 Å². The lowest BCUT2D eigenvalue weighted by Gasteiger charge is -2.18. The quantitative estimate of drug-likeness (QED) is 0.508. The first-order valence-corrected chi connectivity index (χ1v) is 7.31. The summed E-state index contributed by atoms with van der Waals surface area (Å²) < 4.78 is 0. The molecule has 2 rings (SSSR count). The van der Waals surface area contributed by atoms with Crippen LogP contribution in [0.5, 0.6) is 0 Å². The molecule has 0 saturated carbocycles. The topological polar surface area (TPSA) is 61.8 Å². The molecule has 1 aromatic rings. The van der Waals surface area contributed by atoms with Gasteiger partial charge in [0.1, 0.15) is 0 Å². The van der Waals surface area contributed by atoms with Crippen molar-refractivity contribution in [1.82, 2.24) is 10.3 Å². The maximum atomic E-state index is 11.9. The van der Waals surface area contributed by atoms with Crippen LogP contribution >= 0.6 is 11.3 Å². The Morgan fingerprint density at radius 3 is 2.63 bits per heavy atom. The van der Waals surface area contributed by atoms with Gasteiger partial charge in [-0.25, -0.2) is 5.43 Å². The van der Waals surface area contributed by atoms with Crippen molar-refractivity contribution >= 4 is 29.4 Å². The summed E-state index contributed by atoms with van der Waals surface area (Å²) in [5.41, 5.74) is 2.28. The number of hydrogen-bond donors (Lipinski definition) is 1. The van der Waals surface area contributed by atoms with E-state index >= 15 is 0 Å². The van der Waals surface area contributed by atoms with Crippen LogP contribution in [0.1, 0.15) is 30.6 Å². The van der Waals surface area contributed by atoms with Gasteiger partial charge in [-0.15, -0.1) is 11.3 Å². The van der Waals surface area contributed by atoms with E-state index in [1.807, 2.05) is 17.5 Å². The Labute approximate surface area is 116 Å². The van der Waals surface area contributed by atoms with Crippen LogP contribution in [0.4, 0.5) is 0 Å². The van der Waals surface area contributed by atoms with Gasteiger partial charge in [-0.2, -0.15) is 5.10 Å². The lowest BCUT2D eigenvalue weighted by molar-refractivity contribution is -0.145. The van der Waals surface area contributed by atoms with E-state index in [4.69, 9.17) is 0 Å². The lowest BCUT2D eigenvalue weighted by Crippen LogP contribution is -2.41. The number of amides is 2. The molecular weight excluding hydrogens is 262 g/mol. The molecule has 1 saturated heterocycles. The van der Waals surface area contributed by atoms with Gasteiger partial charge in [0.05, 0.1) is 6.21 Å². The Bertz CT molecular complexity index is 448. The molecule has 0 unspecified atom stereocenters. The van der Waals surface area contributed by atoms with E-state index in [0.717, 1.165) is 30.6 Å². The summed E-state index contributed by atoms with van der Waals surface area (Å²) in [6.07, 6.45) is 5.73. The van der Waals surface area contributed by atoms with Crippen molar-refractivity contribution in [2.45, 2.75) is 25.7 Å². The first-order chi connectivity index (χ1) is 9.27. The van der Waals surface area contributed by atoms with Crippen LogP contribution in [0.15, 0.2) is 22.6 Å². The van der Waals surface area contributed by atoms with Crippen molar-refractivity contribution in [2.24, 2.45) is 5.10 Å². The van der Waals surface area contributed by atoms with Gasteiger partial charge in [-0.3, -0.25) is 9.59 Å². The molecule has 1 aliphatic rings. The number of rotatable bonds is 2. The Morgan fingerprint density at radius 2 is 2.00 bits per heavy atom. The summed E-state index contributed by atoms with van der Waals surface area (Å²) in [5.74, 6) is -1.14. The van der Waals surface area contributed by atoms with E-state index in [1.165, 1.54) is 17.6 Å². The first kappa shape index (κ1) is 13.7. The Hall–Kier alpha value is -1.69. The molecule has 102 valence electrons. The van der Waals surface area contributed by atoms with Gasteiger partial charge in [0, 0.05) is 18.0 Å². The van der Waals surface area contributed by atoms with Crippen LogP contribution in [-0.2, 0) is 9.59 Å². The minimum absolute atomic E-state index is 0.481. The van der Waals surface area contributed by atoms with Crippen LogP contribution in [0.25, 0.3) is 0 Å². The van der Waals surface area contributed by atoms with Crippen molar-refractivity contribution in [1.29, 1.82) is 0 Å². The molecule has 0 aliphatic carbocycles. The van der Waals surface area contributed by atoms with E-state index < -0.39 is 11.8 Å². The van der Waals surface area contributed by atoms with Gasteiger partial charge in [0.15, 0.2) is 0 Å². The predicted octanol–water partition coefficient (Wildman–Crippen LogP) is 1.60. The zero-order valence-corrected chi connectivity index (χ0v) is 11.5. The highest BCUT2D eigenvalue weighted by molar-refractivity contribution is 7.11. The monoisotopic (exact) mass is 279 g/mol. The van der Waals surface area contributed by atoms with E-state index in [0.29, 0.717) is 13.1 Å². The van der Waals surface area contributed by atoms with Crippen molar-refractivity contribution < 1.29 is 9.59 Å². The second-order valence-electron chi connectivity index (χ2n) is 4.42. The average Bonchev–Trinajstić information content (AvgIpc) is 2.78. The average molecular weight is 279 g/mol. The zero-order valence-electron chi connectivity index (χ0n) is 10.7. The maximum Gasteiger partial charge on any atom is 0.329 e. The van der Waals surface area contributed by atoms with Crippen molar-refractivity contribution in [2.75, 3.05) is 13.1 Å². The Morgan fingerprint density at radius 1 is 1.26 bits per heavy atom. The number of hydrazone groups is 1. The summed E-state index contributed by atoms with van der Waals surface area (Å²) in [4.78, 5) is 26.1. The third-order valence-electron chi connectivity index (χ3n) is 2.99. The number of hydrogen-bond acceptors (Lipinski definition) is 4. The SMILES string of the molecule is O=C(N/N=C\c1cccs1)C(=O)N1CCCCCC1. The van der Waals surface area contributed by atoms with E-state index in [-0.39, 0.29) is 0 Å². The number of thiophene rings is 1. The van der Waals surface area contributed by atoms with Gasteiger partial charge >= 0.3 is 11.8 Å². The molecule has 0 spiro atoms. The molecule has 2 amide bonds. The second kappa shape index (κ2) is 7.04. The van der Waals surface area contributed by atoms with E-state index in [1.54, 1.807) is 4.90 Å².